The van der Waals surface area contributed by atoms with Crippen molar-refractivity contribution < 1.29 is 9.59 Å². The number of halogens is 2. The lowest BCUT2D eigenvalue weighted by atomic mass is 9.84. The lowest BCUT2D eigenvalue weighted by Gasteiger charge is -2.27. The predicted octanol–water partition coefficient (Wildman–Crippen LogP) is 2.63. The highest BCUT2D eigenvalue weighted by atomic mass is 35.5. The Hall–Kier alpha value is -2.16. The minimum atomic E-state index is -0.467. The molecule has 2 saturated carbocycles. The van der Waals surface area contributed by atoms with Crippen LogP contribution in [0.4, 0.5) is 11.4 Å². The van der Waals surface area contributed by atoms with E-state index in [0.717, 1.165) is 19.3 Å². The molecule has 1 aromatic carbocycles. The van der Waals surface area contributed by atoms with Crippen molar-refractivity contribution >= 4 is 48.0 Å². The average molecular weight is 441 g/mol. The van der Waals surface area contributed by atoms with Gasteiger partial charge >= 0.3 is 0 Å². The number of benzene rings is 1. The first kappa shape index (κ1) is 23.1. The standard InChI is InChI=1S/C19H24N6O2.2ClH/c1-11(25-10-21-9-22-25)18(26)23-14-4-6-15(7-5-14)24-19(27)16-12-2-3-13(8-12)17(16)20;;/h4-7,9-13,16-17H,2-3,8,20H2,1H3,(H,23,26)(H,24,27);2*1H. The number of nitrogens with zero attached hydrogens (tertiary/aromatic N) is 3. The fraction of sp³-hybridized carbons (Fsp3) is 0.474. The van der Waals surface area contributed by atoms with Crippen molar-refractivity contribution in [3.63, 3.8) is 0 Å². The molecule has 8 nitrogen and oxygen atoms in total. The number of fused-ring (bicyclic) bond motifs is 2. The van der Waals surface area contributed by atoms with Gasteiger partial charge in [0.2, 0.25) is 11.8 Å². The van der Waals surface area contributed by atoms with Crippen LogP contribution in [-0.4, -0.2) is 32.6 Å². The Kier molecular flexibility index (Phi) is 7.62. The van der Waals surface area contributed by atoms with Crippen molar-refractivity contribution in [3.8, 4) is 0 Å². The molecule has 5 unspecified atom stereocenters. The molecule has 2 bridgehead atoms. The molecule has 29 heavy (non-hydrogen) atoms. The molecule has 0 saturated heterocycles. The van der Waals surface area contributed by atoms with Crippen molar-refractivity contribution in [2.45, 2.75) is 38.3 Å². The van der Waals surface area contributed by atoms with Crippen LogP contribution in [0.2, 0.25) is 0 Å². The summed E-state index contributed by atoms with van der Waals surface area (Å²) in [6.07, 6.45) is 6.23. The van der Waals surface area contributed by atoms with E-state index in [1.54, 1.807) is 31.2 Å². The zero-order valence-electron chi connectivity index (χ0n) is 16.0. The molecule has 2 aromatic rings. The molecule has 0 spiro atoms. The third-order valence-corrected chi connectivity index (χ3v) is 5.92. The molecule has 1 aromatic heterocycles. The van der Waals surface area contributed by atoms with Gasteiger partial charge in [0.1, 0.15) is 18.7 Å². The molecule has 2 aliphatic carbocycles. The number of carbonyl (C=O) groups is 2. The lowest BCUT2D eigenvalue weighted by molar-refractivity contribution is -0.122. The van der Waals surface area contributed by atoms with E-state index in [9.17, 15) is 9.59 Å². The predicted molar refractivity (Wildman–Crippen MR) is 115 cm³/mol. The molecule has 0 aliphatic heterocycles. The average Bonchev–Trinajstić information content (AvgIpc) is 3.40. The topological polar surface area (TPSA) is 115 Å². The van der Waals surface area contributed by atoms with Gasteiger partial charge < -0.3 is 16.4 Å². The number of hydrogen-bond acceptors (Lipinski definition) is 5. The van der Waals surface area contributed by atoms with E-state index in [1.807, 2.05) is 0 Å². The van der Waals surface area contributed by atoms with Crippen LogP contribution in [0.5, 0.6) is 0 Å². The Morgan fingerprint density at radius 1 is 1.10 bits per heavy atom. The van der Waals surface area contributed by atoms with E-state index >= 15 is 0 Å². The van der Waals surface area contributed by atoms with Crippen molar-refractivity contribution in [2.24, 2.45) is 23.5 Å². The van der Waals surface area contributed by atoms with Crippen molar-refractivity contribution in [1.82, 2.24) is 14.8 Å². The second-order valence-corrected chi connectivity index (χ2v) is 7.54. The summed E-state index contributed by atoms with van der Waals surface area (Å²) in [5.41, 5.74) is 7.61. The van der Waals surface area contributed by atoms with Gasteiger partial charge in [0, 0.05) is 17.4 Å². The zero-order valence-corrected chi connectivity index (χ0v) is 17.7. The second kappa shape index (κ2) is 9.56. The van der Waals surface area contributed by atoms with Crippen LogP contribution in [0, 0.1) is 17.8 Å². The highest BCUT2D eigenvalue weighted by Crippen LogP contribution is 2.47. The summed E-state index contributed by atoms with van der Waals surface area (Å²) in [6.45, 7) is 1.75. The molecule has 2 amide bonds. The molecular weight excluding hydrogens is 415 g/mol. The van der Waals surface area contributed by atoms with Crippen molar-refractivity contribution in [2.75, 3.05) is 10.6 Å². The number of amides is 2. The highest BCUT2D eigenvalue weighted by Gasteiger charge is 2.49. The van der Waals surface area contributed by atoms with Gasteiger partial charge in [-0.05, 0) is 62.3 Å². The van der Waals surface area contributed by atoms with Gasteiger partial charge in [-0.3, -0.25) is 9.59 Å². The number of nitrogens with two attached hydrogens (primary N) is 1. The van der Waals surface area contributed by atoms with Crippen LogP contribution in [0.15, 0.2) is 36.9 Å². The third-order valence-electron chi connectivity index (χ3n) is 5.92. The van der Waals surface area contributed by atoms with Crippen LogP contribution in [0.25, 0.3) is 0 Å². The number of hydrogen-bond donors (Lipinski definition) is 3. The summed E-state index contributed by atoms with van der Waals surface area (Å²) in [4.78, 5) is 28.7. The lowest BCUT2D eigenvalue weighted by Crippen LogP contribution is -2.42. The molecule has 4 rings (SSSR count). The number of nitrogens with one attached hydrogen (secondary N) is 2. The van der Waals surface area contributed by atoms with Crippen molar-refractivity contribution in [1.29, 1.82) is 0 Å². The maximum Gasteiger partial charge on any atom is 0.249 e. The number of anilines is 2. The summed E-state index contributed by atoms with van der Waals surface area (Å²) >= 11 is 0. The Morgan fingerprint density at radius 3 is 2.28 bits per heavy atom. The van der Waals surface area contributed by atoms with Gasteiger partial charge in [0.15, 0.2) is 0 Å². The minimum absolute atomic E-state index is 0. The Morgan fingerprint density at radius 2 is 1.72 bits per heavy atom. The van der Waals surface area contributed by atoms with Crippen LogP contribution < -0.4 is 16.4 Å². The van der Waals surface area contributed by atoms with Crippen LogP contribution in [0.3, 0.4) is 0 Å². The van der Waals surface area contributed by atoms with Crippen LogP contribution >= 0.6 is 24.8 Å². The first-order valence-electron chi connectivity index (χ1n) is 9.34. The van der Waals surface area contributed by atoms with E-state index in [4.69, 9.17) is 5.73 Å². The molecule has 4 N–H and O–H groups in total. The molecule has 10 heteroatoms. The number of aromatic nitrogens is 3. The highest BCUT2D eigenvalue weighted by molar-refractivity contribution is 5.95. The summed E-state index contributed by atoms with van der Waals surface area (Å²) in [7, 11) is 0. The summed E-state index contributed by atoms with van der Waals surface area (Å²) in [5, 5.41) is 9.78. The van der Waals surface area contributed by atoms with E-state index in [-0.39, 0.29) is 48.6 Å². The first-order valence-corrected chi connectivity index (χ1v) is 9.34. The van der Waals surface area contributed by atoms with E-state index in [2.05, 4.69) is 20.7 Å². The quantitative estimate of drug-likeness (QED) is 0.660. The Balaban J connectivity index is 0.00000150. The monoisotopic (exact) mass is 440 g/mol. The van der Waals surface area contributed by atoms with Gasteiger partial charge in [-0.15, -0.1) is 24.8 Å². The molecule has 2 aliphatic rings. The van der Waals surface area contributed by atoms with Gasteiger partial charge in [0.05, 0.1) is 5.92 Å². The molecule has 1 heterocycles. The maximum absolute atomic E-state index is 12.6. The van der Waals surface area contributed by atoms with Crippen molar-refractivity contribution in [3.05, 3.63) is 36.9 Å². The van der Waals surface area contributed by atoms with Gasteiger partial charge in [-0.25, -0.2) is 9.67 Å². The second-order valence-electron chi connectivity index (χ2n) is 7.54. The van der Waals surface area contributed by atoms with E-state index < -0.39 is 6.04 Å². The zero-order chi connectivity index (χ0) is 19.0. The van der Waals surface area contributed by atoms with E-state index in [1.165, 1.54) is 17.3 Å². The first-order chi connectivity index (χ1) is 13.0. The molecule has 0 radical (unpaired) electrons. The van der Waals surface area contributed by atoms with Crippen LogP contribution in [0.1, 0.15) is 32.2 Å². The SMILES string of the molecule is CC(C(=O)Nc1ccc(NC(=O)C2C3CCC(C3)C2N)cc1)n1cncn1.Cl.Cl. The van der Waals surface area contributed by atoms with Crippen LogP contribution in [-0.2, 0) is 9.59 Å². The Labute approximate surface area is 181 Å². The fourth-order valence-corrected chi connectivity index (χ4v) is 4.37. The van der Waals surface area contributed by atoms with Gasteiger partial charge in [0.25, 0.3) is 0 Å². The molecular formula is C19H26Cl2N6O2. The Bertz CT molecular complexity index is 828. The maximum atomic E-state index is 12.6. The normalized spacial score (nSPS) is 25.4. The van der Waals surface area contributed by atoms with Gasteiger partial charge in [-0.1, -0.05) is 0 Å². The minimum Gasteiger partial charge on any atom is -0.327 e. The molecule has 2 fully saturated rings. The third kappa shape index (κ3) is 4.71. The molecule has 158 valence electrons. The fourth-order valence-electron chi connectivity index (χ4n) is 4.37. The largest absolute Gasteiger partial charge is 0.327 e. The van der Waals surface area contributed by atoms with Gasteiger partial charge in [-0.2, -0.15) is 5.10 Å². The number of rotatable bonds is 5. The summed E-state index contributed by atoms with van der Waals surface area (Å²) < 4.78 is 1.49. The van der Waals surface area contributed by atoms with E-state index in [0.29, 0.717) is 23.2 Å². The smallest absolute Gasteiger partial charge is 0.249 e. The molecule has 5 atom stereocenters. The summed E-state index contributed by atoms with van der Waals surface area (Å²) in [5.74, 6) is 0.639. The summed E-state index contributed by atoms with van der Waals surface area (Å²) in [6, 6.07) is 6.61. The number of carbonyl (C=O) groups excluding carboxylic acids is 2.